The van der Waals surface area contributed by atoms with Gasteiger partial charge in [0, 0.05) is 6.07 Å². The van der Waals surface area contributed by atoms with Crippen molar-refractivity contribution in [3.63, 3.8) is 0 Å². The number of rotatable bonds is 4. The molecule has 2 aromatic rings. The summed E-state index contributed by atoms with van der Waals surface area (Å²) in [6.45, 7) is 1.79. The Morgan fingerprint density at radius 2 is 2.20 bits per heavy atom. The Morgan fingerprint density at radius 3 is 2.75 bits per heavy atom. The molecule has 0 saturated heterocycles. The Hall–Kier alpha value is -1.77. The van der Waals surface area contributed by atoms with Gasteiger partial charge in [-0.1, -0.05) is 17.7 Å². The van der Waals surface area contributed by atoms with Gasteiger partial charge >= 0.3 is 0 Å². The summed E-state index contributed by atoms with van der Waals surface area (Å²) in [5, 5.41) is 3.04. The third-order valence-electron chi connectivity index (χ3n) is 2.82. The van der Waals surface area contributed by atoms with Crippen LogP contribution in [0.25, 0.3) is 0 Å². The van der Waals surface area contributed by atoms with Gasteiger partial charge in [-0.2, -0.15) is 0 Å². The highest BCUT2D eigenvalue weighted by molar-refractivity contribution is 7.80. The minimum atomic E-state index is -2.22. The van der Waals surface area contributed by atoms with E-state index in [-0.39, 0.29) is 17.4 Å². The van der Waals surface area contributed by atoms with E-state index in [9.17, 15) is 9.00 Å². The van der Waals surface area contributed by atoms with Crippen molar-refractivity contribution in [1.29, 1.82) is 0 Å². The molecule has 0 saturated carbocycles. The molecule has 0 amide bonds. The molecule has 2 unspecified atom stereocenters. The Labute approximate surface area is 122 Å². The minimum absolute atomic E-state index is 0.259. The van der Waals surface area contributed by atoms with Crippen LogP contribution in [0.2, 0.25) is 5.02 Å². The van der Waals surface area contributed by atoms with E-state index in [4.69, 9.17) is 21.9 Å². The Bertz CT molecular complexity index is 712. The minimum Gasteiger partial charge on any atom is -0.384 e. The summed E-state index contributed by atoms with van der Waals surface area (Å²) in [6.07, 6.45) is 0. The lowest BCUT2D eigenvalue weighted by molar-refractivity contribution is 0.550. The number of nitrogens with zero attached hydrogens (tertiary/aromatic N) is 1. The van der Waals surface area contributed by atoms with E-state index in [1.54, 1.807) is 25.1 Å². The van der Waals surface area contributed by atoms with Crippen LogP contribution in [-0.2, 0) is 11.3 Å². The molecule has 1 heterocycles. The van der Waals surface area contributed by atoms with Crippen LogP contribution >= 0.6 is 11.6 Å². The molecule has 0 aliphatic carbocycles. The molecule has 0 aliphatic rings. The molecule has 0 aliphatic heterocycles. The first kappa shape index (κ1) is 14.6. The van der Waals surface area contributed by atoms with Gasteiger partial charge in [0.05, 0.1) is 16.8 Å². The fraction of sp³-hybridized carbons (Fsp3) is 0.182. The summed E-state index contributed by atoms with van der Waals surface area (Å²) in [6, 6.07) is 5.87. The van der Waals surface area contributed by atoms with Crippen molar-refractivity contribution in [2.24, 2.45) is 0 Å². The first-order chi connectivity index (χ1) is 9.38. The third-order valence-corrected chi connectivity index (χ3v) is 3.55. The van der Waals surface area contributed by atoms with Gasteiger partial charge in [-0.25, -0.2) is 8.89 Å². The zero-order valence-corrected chi connectivity index (χ0v) is 12.0. The van der Waals surface area contributed by atoms with E-state index < -0.39 is 11.3 Å². The standard InChI is InChI=1S/C11H13ClN4O3S/c1-6(16-11(17)5-10(13)14-16)7-2-3-8(12)9(4-7)15-20(18)19/h2-6,14-15H,13H2,1H3,(H,18,19). The van der Waals surface area contributed by atoms with Crippen molar-refractivity contribution in [1.82, 2.24) is 9.78 Å². The van der Waals surface area contributed by atoms with Crippen LogP contribution in [0, 0.1) is 0 Å². The van der Waals surface area contributed by atoms with Gasteiger partial charge in [0.15, 0.2) is 0 Å². The van der Waals surface area contributed by atoms with E-state index in [2.05, 4.69) is 9.82 Å². The first-order valence-electron chi connectivity index (χ1n) is 5.62. The molecule has 5 N–H and O–H groups in total. The van der Waals surface area contributed by atoms with Crippen molar-refractivity contribution in [2.75, 3.05) is 10.5 Å². The highest BCUT2D eigenvalue weighted by Gasteiger charge is 2.13. The number of benzene rings is 1. The van der Waals surface area contributed by atoms with E-state index in [1.807, 2.05) is 0 Å². The molecule has 0 fully saturated rings. The van der Waals surface area contributed by atoms with E-state index in [1.165, 1.54) is 10.7 Å². The average Bonchev–Trinajstić information content (AvgIpc) is 2.70. The molecule has 2 rings (SSSR count). The molecular weight excluding hydrogens is 304 g/mol. The summed E-state index contributed by atoms with van der Waals surface area (Å²) in [4.78, 5) is 11.7. The number of halogens is 1. The highest BCUT2D eigenvalue weighted by Crippen LogP contribution is 2.27. The highest BCUT2D eigenvalue weighted by atomic mass is 35.5. The number of hydrogen-bond donors (Lipinski definition) is 4. The topological polar surface area (TPSA) is 113 Å². The Balaban J connectivity index is 2.40. The second kappa shape index (κ2) is 5.70. The summed E-state index contributed by atoms with van der Waals surface area (Å²) in [5.74, 6) is 0.269. The third kappa shape index (κ3) is 3.03. The zero-order valence-electron chi connectivity index (χ0n) is 10.5. The summed E-state index contributed by atoms with van der Waals surface area (Å²) < 4.78 is 23.3. The predicted octanol–water partition coefficient (Wildman–Crippen LogP) is 1.57. The lowest BCUT2D eigenvalue weighted by Gasteiger charge is -2.15. The number of anilines is 2. The number of aromatic nitrogens is 2. The molecule has 108 valence electrons. The first-order valence-corrected chi connectivity index (χ1v) is 7.11. The normalized spacial score (nSPS) is 13.9. The van der Waals surface area contributed by atoms with Crippen LogP contribution < -0.4 is 16.0 Å². The van der Waals surface area contributed by atoms with Crippen molar-refractivity contribution in [3.05, 3.63) is 45.2 Å². The second-order valence-corrected chi connectivity index (χ2v) is 5.30. The van der Waals surface area contributed by atoms with Crippen molar-refractivity contribution >= 4 is 34.4 Å². The Morgan fingerprint density at radius 1 is 1.50 bits per heavy atom. The number of hydrogen-bond acceptors (Lipinski definition) is 3. The van der Waals surface area contributed by atoms with Crippen LogP contribution in [0.3, 0.4) is 0 Å². The van der Waals surface area contributed by atoms with Crippen LogP contribution in [0.5, 0.6) is 0 Å². The maximum Gasteiger partial charge on any atom is 0.269 e. The summed E-state index contributed by atoms with van der Waals surface area (Å²) in [5.41, 5.74) is 6.31. The molecule has 2 atom stereocenters. The fourth-order valence-electron chi connectivity index (χ4n) is 1.84. The number of nitrogens with one attached hydrogen (secondary N) is 2. The van der Waals surface area contributed by atoms with Crippen molar-refractivity contribution in [3.8, 4) is 0 Å². The molecule has 0 radical (unpaired) electrons. The number of aromatic amines is 1. The SMILES string of the molecule is CC(c1ccc(Cl)c(NS(=O)O)c1)n1[nH]c(N)cc1=O. The quantitative estimate of drug-likeness (QED) is 0.641. The van der Waals surface area contributed by atoms with Gasteiger partial charge in [-0.15, -0.1) is 0 Å². The smallest absolute Gasteiger partial charge is 0.269 e. The molecule has 1 aromatic heterocycles. The van der Waals surface area contributed by atoms with Gasteiger partial charge in [0.25, 0.3) is 16.8 Å². The average molecular weight is 317 g/mol. The molecular formula is C11H13ClN4O3S. The lowest BCUT2D eigenvalue weighted by atomic mass is 10.1. The number of H-pyrrole nitrogens is 1. The van der Waals surface area contributed by atoms with Crippen LogP contribution in [0.4, 0.5) is 11.5 Å². The van der Waals surface area contributed by atoms with Crippen LogP contribution in [0.1, 0.15) is 18.5 Å². The monoisotopic (exact) mass is 316 g/mol. The van der Waals surface area contributed by atoms with Gasteiger partial charge in [0.2, 0.25) is 0 Å². The van der Waals surface area contributed by atoms with Crippen LogP contribution in [0.15, 0.2) is 29.1 Å². The molecule has 0 bridgehead atoms. The van der Waals surface area contributed by atoms with Crippen LogP contribution in [-0.4, -0.2) is 18.5 Å². The summed E-state index contributed by atoms with van der Waals surface area (Å²) >= 11 is 3.70. The predicted molar refractivity (Wildman–Crippen MR) is 79.1 cm³/mol. The zero-order chi connectivity index (χ0) is 14.9. The van der Waals surface area contributed by atoms with Crippen molar-refractivity contribution in [2.45, 2.75) is 13.0 Å². The molecule has 9 heteroatoms. The van der Waals surface area contributed by atoms with E-state index >= 15 is 0 Å². The number of nitrogens with two attached hydrogens (primary N) is 1. The van der Waals surface area contributed by atoms with Gasteiger partial charge in [0.1, 0.15) is 5.82 Å². The molecule has 7 nitrogen and oxygen atoms in total. The number of nitrogen functional groups attached to an aromatic ring is 1. The second-order valence-electron chi connectivity index (χ2n) is 4.19. The summed E-state index contributed by atoms with van der Waals surface area (Å²) in [7, 11) is 0. The fourth-order valence-corrected chi connectivity index (χ4v) is 2.42. The van der Waals surface area contributed by atoms with Gasteiger partial charge in [-0.05, 0) is 24.6 Å². The Kier molecular flexibility index (Phi) is 4.17. The molecule has 20 heavy (non-hydrogen) atoms. The maximum atomic E-state index is 11.7. The maximum absolute atomic E-state index is 11.7. The van der Waals surface area contributed by atoms with E-state index in [0.29, 0.717) is 10.7 Å². The van der Waals surface area contributed by atoms with Crippen molar-refractivity contribution < 1.29 is 8.76 Å². The van der Waals surface area contributed by atoms with Gasteiger partial charge < -0.3 is 5.73 Å². The van der Waals surface area contributed by atoms with E-state index in [0.717, 1.165) is 5.56 Å². The molecule has 0 spiro atoms. The van der Waals surface area contributed by atoms with Gasteiger partial charge in [-0.3, -0.25) is 19.2 Å². The molecule has 1 aromatic carbocycles. The largest absolute Gasteiger partial charge is 0.384 e. The lowest BCUT2D eigenvalue weighted by Crippen LogP contribution is -2.21.